The van der Waals surface area contributed by atoms with E-state index in [1.807, 2.05) is 18.2 Å². The van der Waals surface area contributed by atoms with Gasteiger partial charge in [-0.1, -0.05) is 18.2 Å². The number of methoxy groups -OCH3 is 1. The van der Waals surface area contributed by atoms with Crippen molar-refractivity contribution in [2.24, 2.45) is 0 Å². The first-order valence-electron chi connectivity index (χ1n) is 10.4. The lowest BCUT2D eigenvalue weighted by Gasteiger charge is -2.34. The van der Waals surface area contributed by atoms with E-state index in [0.717, 1.165) is 50.6 Å². The van der Waals surface area contributed by atoms with Crippen molar-refractivity contribution in [1.82, 2.24) is 0 Å². The first kappa shape index (κ1) is 18.8. The molecule has 5 nitrogen and oxygen atoms in total. The van der Waals surface area contributed by atoms with Gasteiger partial charge < -0.3 is 19.9 Å². The molecule has 2 N–H and O–H groups in total. The molecule has 28 heavy (non-hydrogen) atoms. The van der Waals surface area contributed by atoms with E-state index in [4.69, 9.17) is 4.74 Å². The number of carbonyl (C=O) groups is 1. The molecule has 0 spiro atoms. The number of aryl methyl sites for hydroxylation is 2. The normalized spacial score (nSPS) is 16.7. The highest BCUT2D eigenvalue weighted by atomic mass is 16.5. The number of amides is 1. The zero-order valence-electron chi connectivity index (χ0n) is 16.7. The van der Waals surface area contributed by atoms with E-state index < -0.39 is 0 Å². The smallest absolute Gasteiger partial charge is 0.230 e. The van der Waals surface area contributed by atoms with Crippen LogP contribution in [0.2, 0.25) is 0 Å². The number of anilines is 2. The van der Waals surface area contributed by atoms with Crippen LogP contribution in [0.4, 0.5) is 11.4 Å². The largest absolute Gasteiger partial charge is 0.495 e. The number of rotatable bonds is 6. The van der Waals surface area contributed by atoms with Gasteiger partial charge in [0.1, 0.15) is 5.75 Å². The number of nitrogens with zero attached hydrogens (tertiary/aromatic N) is 1. The quantitative estimate of drug-likeness (QED) is 0.805. The summed E-state index contributed by atoms with van der Waals surface area (Å²) in [5.74, 6) is 1.05. The maximum atomic E-state index is 12.4. The van der Waals surface area contributed by atoms with E-state index in [1.54, 1.807) is 7.11 Å². The Morgan fingerprint density at radius 1 is 1.11 bits per heavy atom. The highest BCUT2D eigenvalue weighted by Crippen LogP contribution is 2.27. The summed E-state index contributed by atoms with van der Waals surface area (Å²) in [6, 6.07) is 14.6. The van der Waals surface area contributed by atoms with E-state index in [0.29, 0.717) is 6.42 Å². The number of hydrogen-bond acceptors (Lipinski definition) is 3. The molecule has 0 unspecified atom stereocenters. The molecule has 1 aliphatic carbocycles. The molecule has 0 aromatic heterocycles. The molecule has 1 fully saturated rings. The van der Waals surface area contributed by atoms with E-state index >= 15 is 0 Å². The van der Waals surface area contributed by atoms with Gasteiger partial charge in [0.25, 0.3) is 0 Å². The summed E-state index contributed by atoms with van der Waals surface area (Å²) in [7, 11) is 1.72. The predicted molar refractivity (Wildman–Crippen MR) is 112 cm³/mol. The van der Waals surface area contributed by atoms with Gasteiger partial charge in [-0.25, -0.2) is 0 Å². The SMILES string of the molecule is COc1ccccc1N1CC[NH+](CCC(=O)Nc2ccc3c(c2)CCC3)CC1. The van der Waals surface area contributed by atoms with Crippen LogP contribution >= 0.6 is 0 Å². The van der Waals surface area contributed by atoms with Gasteiger partial charge in [-0.05, 0) is 54.7 Å². The summed E-state index contributed by atoms with van der Waals surface area (Å²) in [6.07, 6.45) is 4.12. The fourth-order valence-electron chi connectivity index (χ4n) is 4.37. The zero-order chi connectivity index (χ0) is 19.3. The lowest BCUT2D eigenvalue weighted by atomic mass is 10.1. The maximum absolute atomic E-state index is 12.4. The van der Waals surface area contributed by atoms with Gasteiger partial charge in [-0.15, -0.1) is 0 Å². The predicted octanol–water partition coefficient (Wildman–Crippen LogP) is 1.92. The molecule has 4 rings (SSSR count). The third-order valence-corrected chi connectivity index (χ3v) is 5.98. The Hall–Kier alpha value is -2.53. The van der Waals surface area contributed by atoms with Gasteiger partial charge in [0.05, 0.1) is 51.9 Å². The molecule has 1 saturated heterocycles. The van der Waals surface area contributed by atoms with Crippen LogP contribution in [0.5, 0.6) is 5.75 Å². The molecule has 0 atom stereocenters. The minimum atomic E-state index is 0.123. The van der Waals surface area contributed by atoms with Crippen LogP contribution in [0.15, 0.2) is 42.5 Å². The average molecular weight is 381 g/mol. The van der Waals surface area contributed by atoms with Crippen molar-refractivity contribution in [3.8, 4) is 5.75 Å². The number of quaternary nitrogens is 1. The fourth-order valence-corrected chi connectivity index (χ4v) is 4.37. The van der Waals surface area contributed by atoms with Gasteiger partial charge in [0.15, 0.2) is 0 Å². The monoisotopic (exact) mass is 380 g/mol. The Balaban J connectivity index is 1.23. The molecule has 2 aromatic carbocycles. The van der Waals surface area contributed by atoms with Crippen LogP contribution in [0.3, 0.4) is 0 Å². The lowest BCUT2D eigenvalue weighted by Crippen LogP contribution is -3.15. The van der Waals surface area contributed by atoms with Crippen molar-refractivity contribution < 1.29 is 14.4 Å². The number of benzene rings is 2. The first-order chi connectivity index (χ1) is 13.7. The van der Waals surface area contributed by atoms with Gasteiger partial charge in [-0.2, -0.15) is 0 Å². The van der Waals surface area contributed by atoms with Gasteiger partial charge in [-0.3, -0.25) is 4.79 Å². The second-order valence-electron chi connectivity index (χ2n) is 7.79. The second kappa shape index (κ2) is 8.65. The molecule has 1 amide bonds. The van der Waals surface area contributed by atoms with Crippen LogP contribution in [0.1, 0.15) is 24.0 Å². The summed E-state index contributed by atoms with van der Waals surface area (Å²) in [4.78, 5) is 16.3. The number of hydrogen-bond donors (Lipinski definition) is 2. The molecule has 1 aliphatic heterocycles. The summed E-state index contributed by atoms with van der Waals surface area (Å²) in [5, 5.41) is 3.08. The van der Waals surface area contributed by atoms with Crippen molar-refractivity contribution in [3.05, 3.63) is 53.6 Å². The minimum Gasteiger partial charge on any atom is -0.495 e. The molecule has 2 aromatic rings. The summed E-state index contributed by atoms with van der Waals surface area (Å²) in [6.45, 7) is 4.95. The third kappa shape index (κ3) is 4.30. The Bertz CT molecular complexity index is 828. The Morgan fingerprint density at radius 2 is 1.89 bits per heavy atom. The molecular weight excluding hydrogens is 350 g/mol. The van der Waals surface area contributed by atoms with E-state index in [1.165, 1.54) is 34.6 Å². The molecule has 0 bridgehead atoms. The van der Waals surface area contributed by atoms with Crippen LogP contribution in [0, 0.1) is 0 Å². The van der Waals surface area contributed by atoms with Crippen LogP contribution in [-0.2, 0) is 17.6 Å². The molecular formula is C23H30N3O2+. The van der Waals surface area contributed by atoms with Gasteiger partial charge in [0, 0.05) is 5.69 Å². The van der Waals surface area contributed by atoms with Crippen molar-refractivity contribution in [1.29, 1.82) is 0 Å². The minimum absolute atomic E-state index is 0.123. The highest BCUT2D eigenvalue weighted by molar-refractivity contribution is 5.90. The van der Waals surface area contributed by atoms with Crippen LogP contribution < -0.4 is 19.9 Å². The average Bonchev–Trinajstić information content (AvgIpc) is 3.20. The molecule has 2 aliphatic rings. The van der Waals surface area contributed by atoms with E-state index in [9.17, 15) is 4.79 Å². The Kier molecular flexibility index (Phi) is 5.81. The van der Waals surface area contributed by atoms with Crippen molar-refractivity contribution in [3.63, 3.8) is 0 Å². The van der Waals surface area contributed by atoms with Crippen LogP contribution in [0.25, 0.3) is 0 Å². The summed E-state index contributed by atoms with van der Waals surface area (Å²) >= 11 is 0. The first-order valence-corrected chi connectivity index (χ1v) is 10.4. The van der Waals surface area contributed by atoms with Crippen molar-refractivity contribution >= 4 is 17.3 Å². The fraction of sp³-hybridized carbons (Fsp3) is 0.435. The molecule has 0 saturated carbocycles. The maximum Gasteiger partial charge on any atom is 0.230 e. The molecule has 0 radical (unpaired) electrons. The molecule has 1 heterocycles. The lowest BCUT2D eigenvalue weighted by molar-refractivity contribution is -0.900. The summed E-state index contributed by atoms with van der Waals surface area (Å²) < 4.78 is 5.49. The van der Waals surface area contributed by atoms with E-state index in [-0.39, 0.29) is 5.91 Å². The Labute approximate surface area is 167 Å². The topological polar surface area (TPSA) is 46.0 Å². The number of nitrogens with one attached hydrogen (secondary N) is 2. The Morgan fingerprint density at radius 3 is 2.71 bits per heavy atom. The van der Waals surface area contributed by atoms with Crippen LogP contribution in [-0.4, -0.2) is 45.7 Å². The van der Waals surface area contributed by atoms with E-state index in [2.05, 4.69) is 34.5 Å². The number of piperazine rings is 1. The molecule has 148 valence electrons. The number of carbonyl (C=O) groups excluding carboxylic acids is 1. The standard InChI is InChI=1S/C23H29N3O2/c1-28-22-8-3-2-7-21(22)26-15-13-25(14-16-26)12-11-23(27)24-20-10-9-18-5-4-6-19(18)17-20/h2-3,7-10,17H,4-6,11-16H2,1H3,(H,24,27)/p+1. The number of fused-ring (bicyclic) bond motifs is 1. The molecule has 5 heteroatoms. The van der Waals surface area contributed by atoms with Gasteiger partial charge >= 0.3 is 0 Å². The summed E-state index contributed by atoms with van der Waals surface area (Å²) in [5.41, 5.74) is 4.95. The number of ether oxygens (including phenoxy) is 1. The second-order valence-corrected chi connectivity index (χ2v) is 7.79. The zero-order valence-corrected chi connectivity index (χ0v) is 16.7. The highest BCUT2D eigenvalue weighted by Gasteiger charge is 2.22. The van der Waals surface area contributed by atoms with Crippen molar-refractivity contribution in [2.45, 2.75) is 25.7 Å². The van der Waals surface area contributed by atoms with Gasteiger partial charge in [0.2, 0.25) is 5.91 Å². The van der Waals surface area contributed by atoms with Crippen molar-refractivity contribution in [2.75, 3.05) is 50.1 Å². The third-order valence-electron chi connectivity index (χ3n) is 5.98. The number of para-hydroxylation sites is 2.